The summed E-state index contributed by atoms with van der Waals surface area (Å²) in [5.74, 6) is 0.842. The Morgan fingerprint density at radius 2 is 2.10 bits per heavy atom. The van der Waals surface area contributed by atoms with Crippen LogP contribution in [0.4, 0.5) is 0 Å². The van der Waals surface area contributed by atoms with E-state index in [9.17, 15) is 4.79 Å². The van der Waals surface area contributed by atoms with E-state index in [2.05, 4.69) is 23.4 Å². The van der Waals surface area contributed by atoms with Crippen LogP contribution in [0.5, 0.6) is 5.75 Å². The number of fused-ring (bicyclic) bond motifs is 3. The molecule has 4 nitrogen and oxygen atoms in total. The van der Waals surface area contributed by atoms with Gasteiger partial charge in [0.2, 0.25) is 0 Å². The number of hydrogen-bond acceptors (Lipinski definition) is 3. The van der Waals surface area contributed by atoms with Gasteiger partial charge >= 0.3 is 0 Å². The van der Waals surface area contributed by atoms with E-state index in [0.717, 1.165) is 28.3 Å². The monoisotopic (exact) mass is 284 g/mol. The van der Waals surface area contributed by atoms with E-state index in [1.165, 1.54) is 0 Å². The summed E-state index contributed by atoms with van der Waals surface area (Å²) in [6.07, 6.45) is 3.50. The summed E-state index contributed by atoms with van der Waals surface area (Å²) < 4.78 is 8.20. The van der Waals surface area contributed by atoms with Crippen molar-refractivity contribution in [2.24, 2.45) is 0 Å². The van der Waals surface area contributed by atoms with Crippen LogP contribution in [0.3, 0.4) is 0 Å². The number of ether oxygens (including phenoxy) is 1. The summed E-state index contributed by atoms with van der Waals surface area (Å²) in [7, 11) is 0. The summed E-state index contributed by atoms with van der Waals surface area (Å²) in [6.45, 7) is 9.85. The molecule has 4 heteroatoms. The lowest BCUT2D eigenvalue weighted by Crippen LogP contribution is -2.29. The summed E-state index contributed by atoms with van der Waals surface area (Å²) in [4.78, 5) is 16.2. The molecule has 0 aliphatic carbocycles. The summed E-state index contributed by atoms with van der Waals surface area (Å²) in [6, 6.07) is 4.12. The lowest BCUT2D eigenvalue weighted by molar-refractivity contribution is 0.100. The van der Waals surface area contributed by atoms with Crippen molar-refractivity contribution in [3.8, 4) is 17.0 Å². The van der Waals surface area contributed by atoms with E-state index in [1.54, 1.807) is 19.3 Å². The van der Waals surface area contributed by atoms with Crippen LogP contribution in [0, 0.1) is 0 Å². The number of rotatable bonds is 2. The highest BCUT2D eigenvalue weighted by Crippen LogP contribution is 2.47. The Kier molecular flexibility index (Phi) is 2.94. The van der Waals surface area contributed by atoms with E-state index in [4.69, 9.17) is 4.74 Å². The number of carbonyl (C=O) groups is 1. The van der Waals surface area contributed by atoms with Crippen molar-refractivity contribution in [1.29, 1.82) is 0 Å². The average molecular weight is 284 g/mol. The fraction of sp³-hybridized carbons (Fsp3) is 0.412. The van der Waals surface area contributed by atoms with Crippen LogP contribution in [-0.2, 0) is 5.60 Å². The van der Waals surface area contributed by atoms with Crippen molar-refractivity contribution in [3.63, 3.8) is 0 Å². The van der Waals surface area contributed by atoms with Crippen LogP contribution in [0.2, 0.25) is 0 Å². The largest absolute Gasteiger partial charge is 0.481 e. The van der Waals surface area contributed by atoms with Crippen molar-refractivity contribution in [2.75, 3.05) is 0 Å². The predicted molar refractivity (Wildman–Crippen MR) is 81.7 cm³/mol. The Labute approximate surface area is 124 Å². The maximum atomic E-state index is 12.0. The standard InChI is InChI=1S/C17H20N2O2/c1-10(2)19-14(11(3)20)8-13-16(19)12-6-7-18-9-15(12)21-17(13,4)5/h6-10H,1-5H3. The Hall–Kier alpha value is -2.10. The summed E-state index contributed by atoms with van der Waals surface area (Å²) in [5, 5.41) is 0. The number of carbonyl (C=O) groups excluding carboxylic acids is 1. The van der Waals surface area contributed by atoms with Gasteiger partial charge < -0.3 is 9.30 Å². The molecule has 0 N–H and O–H groups in total. The Morgan fingerprint density at radius 1 is 1.38 bits per heavy atom. The number of hydrogen-bond donors (Lipinski definition) is 0. The molecule has 2 aromatic heterocycles. The second-order valence-electron chi connectivity index (χ2n) is 6.30. The van der Waals surface area contributed by atoms with E-state index in [0.29, 0.717) is 0 Å². The highest BCUT2D eigenvalue weighted by Gasteiger charge is 2.37. The molecule has 1 aliphatic rings. The third-order valence-electron chi connectivity index (χ3n) is 3.97. The van der Waals surface area contributed by atoms with Crippen molar-refractivity contribution < 1.29 is 9.53 Å². The normalized spacial score (nSPS) is 15.3. The molecular weight excluding hydrogens is 264 g/mol. The molecule has 0 aromatic carbocycles. The molecule has 3 rings (SSSR count). The average Bonchev–Trinajstić information content (AvgIpc) is 2.80. The van der Waals surface area contributed by atoms with E-state index < -0.39 is 5.60 Å². The fourth-order valence-electron chi connectivity index (χ4n) is 3.05. The van der Waals surface area contributed by atoms with Crippen LogP contribution in [0.25, 0.3) is 11.3 Å². The quantitative estimate of drug-likeness (QED) is 0.784. The second kappa shape index (κ2) is 4.45. The fourth-order valence-corrected chi connectivity index (χ4v) is 3.05. The zero-order valence-corrected chi connectivity index (χ0v) is 13.1. The lowest BCUT2D eigenvalue weighted by Gasteiger charge is -2.33. The van der Waals surface area contributed by atoms with Gasteiger partial charge in [0.05, 0.1) is 17.6 Å². The molecule has 0 radical (unpaired) electrons. The smallest absolute Gasteiger partial charge is 0.176 e. The van der Waals surface area contributed by atoms with Crippen molar-refractivity contribution in [2.45, 2.75) is 46.3 Å². The van der Waals surface area contributed by atoms with Gasteiger partial charge in [-0.25, -0.2) is 0 Å². The molecule has 110 valence electrons. The number of pyridine rings is 1. The number of nitrogens with zero attached hydrogens (tertiary/aromatic N) is 2. The molecule has 0 spiro atoms. The van der Waals surface area contributed by atoms with Crippen LogP contribution in [0.15, 0.2) is 24.5 Å². The van der Waals surface area contributed by atoms with Gasteiger partial charge in [0.1, 0.15) is 11.4 Å². The first-order valence-electron chi connectivity index (χ1n) is 7.23. The first-order valence-corrected chi connectivity index (χ1v) is 7.23. The molecule has 21 heavy (non-hydrogen) atoms. The zero-order chi connectivity index (χ0) is 15.4. The zero-order valence-electron chi connectivity index (χ0n) is 13.1. The van der Waals surface area contributed by atoms with Gasteiger partial charge in [-0.3, -0.25) is 9.78 Å². The van der Waals surface area contributed by atoms with Crippen LogP contribution < -0.4 is 4.74 Å². The van der Waals surface area contributed by atoms with Crippen molar-refractivity contribution in [1.82, 2.24) is 9.55 Å². The van der Waals surface area contributed by atoms with Crippen molar-refractivity contribution >= 4 is 5.78 Å². The Bertz CT molecular complexity index is 726. The van der Waals surface area contributed by atoms with Crippen molar-refractivity contribution in [3.05, 3.63) is 35.8 Å². The first-order chi connectivity index (χ1) is 9.83. The maximum Gasteiger partial charge on any atom is 0.176 e. The highest BCUT2D eigenvalue weighted by atomic mass is 16.5. The SMILES string of the molecule is CC(=O)c1cc2c(n1C(C)C)-c1ccncc1OC2(C)C. The highest BCUT2D eigenvalue weighted by molar-refractivity contribution is 5.95. The molecule has 0 saturated heterocycles. The first kappa shape index (κ1) is 13.9. The van der Waals surface area contributed by atoms with Gasteiger partial charge in [0, 0.05) is 30.3 Å². The molecule has 2 aromatic rings. The second-order valence-corrected chi connectivity index (χ2v) is 6.30. The minimum absolute atomic E-state index is 0.0736. The molecular formula is C17H20N2O2. The number of aromatic nitrogens is 2. The van der Waals surface area contributed by atoms with Gasteiger partial charge in [0.15, 0.2) is 5.78 Å². The molecule has 3 heterocycles. The van der Waals surface area contributed by atoms with Gasteiger partial charge in [-0.05, 0) is 39.8 Å². The molecule has 1 aliphatic heterocycles. The molecule has 0 fully saturated rings. The van der Waals surface area contributed by atoms with Gasteiger partial charge in [0.25, 0.3) is 0 Å². The van der Waals surface area contributed by atoms with Crippen LogP contribution >= 0.6 is 0 Å². The Morgan fingerprint density at radius 3 is 2.71 bits per heavy atom. The number of ketones is 1. The third-order valence-corrected chi connectivity index (χ3v) is 3.97. The molecule has 0 saturated carbocycles. The van der Waals surface area contributed by atoms with E-state index in [1.807, 2.05) is 26.0 Å². The summed E-state index contributed by atoms with van der Waals surface area (Å²) >= 11 is 0. The third kappa shape index (κ3) is 1.97. The lowest BCUT2D eigenvalue weighted by atomic mass is 9.91. The van der Waals surface area contributed by atoms with Crippen LogP contribution in [0.1, 0.15) is 56.7 Å². The minimum atomic E-state index is -0.476. The van der Waals surface area contributed by atoms with Gasteiger partial charge in [-0.1, -0.05) is 0 Å². The van der Waals surface area contributed by atoms with E-state index in [-0.39, 0.29) is 11.8 Å². The molecule has 0 atom stereocenters. The molecule has 0 bridgehead atoms. The molecule has 0 unspecified atom stereocenters. The summed E-state index contributed by atoms with van der Waals surface area (Å²) in [5.41, 5.74) is 3.39. The minimum Gasteiger partial charge on any atom is -0.481 e. The predicted octanol–water partition coefficient (Wildman–Crippen LogP) is 3.96. The maximum absolute atomic E-state index is 12.0. The Balaban J connectivity index is 2.41. The van der Waals surface area contributed by atoms with E-state index >= 15 is 0 Å². The van der Waals surface area contributed by atoms with Crippen LogP contribution in [-0.4, -0.2) is 15.3 Å². The topological polar surface area (TPSA) is 44.1 Å². The number of Topliss-reactive ketones (excluding diaryl/α,β-unsaturated/α-hetero) is 1. The molecule has 0 amide bonds. The van der Waals surface area contributed by atoms with Gasteiger partial charge in [-0.15, -0.1) is 0 Å². The van der Waals surface area contributed by atoms with Gasteiger partial charge in [-0.2, -0.15) is 0 Å².